The number of hydrogen-bond acceptors (Lipinski definition) is 23. The largest absolute Gasteiger partial charge is 0.507 e. The van der Waals surface area contributed by atoms with Crippen LogP contribution < -0.4 is 4.74 Å². The number of phenolic OH excluding ortho intramolecular Hbond substituents is 3. The highest BCUT2D eigenvalue weighted by Crippen LogP contribution is 2.58. The number of hydrogen-bond donors (Lipinski definition) is 9. The highest BCUT2D eigenvalue weighted by Gasteiger charge is 2.64. The molecule has 24 nitrogen and oxygen atoms in total. The maximum absolute atomic E-state index is 13.2. The van der Waals surface area contributed by atoms with Gasteiger partial charge in [0.15, 0.2) is 25.0 Å². The van der Waals surface area contributed by atoms with Gasteiger partial charge in [-0.05, 0) is 80.3 Å². The Balaban J connectivity index is 1.12. The minimum absolute atomic E-state index is 0.0117. The molecule has 2 bridgehead atoms. The Hall–Kier alpha value is -3.90. The smallest absolute Gasteiger partial charge is 0.252 e. The molecule has 0 aromatic heterocycles. The molecule has 4 fully saturated rings. The quantitative estimate of drug-likeness (QED) is 0.0568. The summed E-state index contributed by atoms with van der Waals surface area (Å²) >= 11 is 0. The fourth-order valence-corrected chi connectivity index (χ4v) is 12.9. The molecule has 9 rings (SSSR count). The number of nitro groups is 1. The van der Waals surface area contributed by atoms with Gasteiger partial charge in [0.2, 0.25) is 6.29 Å². The van der Waals surface area contributed by atoms with Gasteiger partial charge >= 0.3 is 0 Å². The molecule has 0 spiro atoms. The van der Waals surface area contributed by atoms with Gasteiger partial charge in [0, 0.05) is 61.5 Å². The van der Waals surface area contributed by atoms with Crippen LogP contribution in [0.3, 0.4) is 0 Å². The van der Waals surface area contributed by atoms with Crippen molar-refractivity contribution in [3.05, 3.63) is 45.0 Å². The predicted molar refractivity (Wildman–Crippen MR) is 259 cm³/mol. The lowest BCUT2D eigenvalue weighted by atomic mass is 9.75. The number of rotatable bonds is 11. The van der Waals surface area contributed by atoms with Crippen molar-refractivity contribution in [1.29, 1.82) is 0 Å². The molecular weight excluding hydrogens is 993 g/mol. The number of likely N-dealkylation sites (N-methyl/N-ethyl adjacent to an activating group) is 1. The maximum atomic E-state index is 13.2. The molecule has 75 heavy (non-hydrogen) atoms. The van der Waals surface area contributed by atoms with Gasteiger partial charge in [-0.2, -0.15) is 0 Å². The fraction of sp³-hybridized carbons (Fsp3) is 0.725. The number of methoxy groups -OCH3 is 3. The van der Waals surface area contributed by atoms with Crippen molar-refractivity contribution in [1.82, 2.24) is 4.90 Å². The highest BCUT2D eigenvalue weighted by atomic mass is 16.8. The standard InChI is InChI=1S/C51H72N2O22/c1-19-37(58)49(6,61)42(66-12)45(69-19)73-36-27-22(17-48(5,60)41(36)65-11)16-24-28(32(27)55)33(56)29-23(31(24)54)14-15-25-35(29)72-44-34(57)30(52(9)10)40(51(25,8)75-44)71-26-18-47(4,53(63)64)39(21(3)68-26)74-46-43(67-13)50(7,62)38(59)20(2)70-46/h14-16,19-21,26,30,34,36-46,54-62H,17-18H2,1-13H3/t19-,20-,21+,26-,30-,34-,36+,37-,38-,39+,40-,41-,42-,43-,44+,45-,46-,47-,48-,49+,50+,51+/m0/s1. The van der Waals surface area contributed by atoms with Gasteiger partial charge in [-0.3, -0.25) is 10.1 Å². The van der Waals surface area contributed by atoms with Crippen LogP contribution in [-0.2, 0) is 59.4 Å². The first-order chi connectivity index (χ1) is 34.9. The van der Waals surface area contributed by atoms with Gasteiger partial charge < -0.3 is 103 Å². The third-order valence-corrected chi connectivity index (χ3v) is 17.0. The van der Waals surface area contributed by atoms with Gasteiger partial charge in [-0.15, -0.1) is 0 Å². The van der Waals surface area contributed by atoms with Gasteiger partial charge in [0.05, 0.1) is 47.1 Å². The van der Waals surface area contributed by atoms with Crippen LogP contribution in [0, 0.1) is 10.1 Å². The van der Waals surface area contributed by atoms with E-state index < -0.39 is 161 Å². The summed E-state index contributed by atoms with van der Waals surface area (Å²) in [5, 5.41) is 119. The van der Waals surface area contributed by atoms with Crippen LogP contribution in [0.25, 0.3) is 21.5 Å². The van der Waals surface area contributed by atoms with Crippen molar-refractivity contribution in [2.45, 2.75) is 201 Å². The Bertz CT molecular complexity index is 2690. The maximum Gasteiger partial charge on any atom is 0.252 e. The summed E-state index contributed by atoms with van der Waals surface area (Å²) in [5.74, 6) is -1.59. The summed E-state index contributed by atoms with van der Waals surface area (Å²) in [7, 11) is 7.31. The van der Waals surface area contributed by atoms with Crippen LogP contribution in [-0.4, -0.2) is 212 Å². The average molecular weight is 1070 g/mol. The van der Waals surface area contributed by atoms with Crippen LogP contribution in [0.5, 0.6) is 23.0 Å². The number of fused-ring (bicyclic) bond motifs is 8. The Morgan fingerprint density at radius 1 is 0.707 bits per heavy atom. The minimum atomic E-state index is -1.94. The lowest BCUT2D eigenvalue weighted by Gasteiger charge is -2.56. The van der Waals surface area contributed by atoms with Crippen LogP contribution >= 0.6 is 0 Å². The number of phenols is 3. The van der Waals surface area contributed by atoms with Crippen molar-refractivity contribution >= 4 is 21.5 Å². The van der Waals surface area contributed by atoms with E-state index in [0.29, 0.717) is 5.56 Å². The molecule has 5 heterocycles. The topological polar surface area (TPSA) is 330 Å². The molecule has 5 aliphatic heterocycles. The second-order valence-electron chi connectivity index (χ2n) is 22.5. The van der Waals surface area contributed by atoms with E-state index in [-0.39, 0.29) is 44.8 Å². The number of ether oxygens (including phenoxy) is 11. The molecule has 22 atom stereocenters. The molecule has 0 saturated carbocycles. The molecule has 3 aromatic carbocycles. The van der Waals surface area contributed by atoms with E-state index in [1.165, 1.54) is 75.0 Å². The summed E-state index contributed by atoms with van der Waals surface area (Å²) < 4.78 is 67.9. The zero-order valence-corrected chi connectivity index (χ0v) is 44.2. The second-order valence-corrected chi connectivity index (χ2v) is 22.5. The Labute approximate surface area is 432 Å². The molecule has 9 N–H and O–H groups in total. The van der Waals surface area contributed by atoms with E-state index in [2.05, 4.69) is 0 Å². The summed E-state index contributed by atoms with van der Waals surface area (Å²) in [5.41, 5.74) is -8.35. The van der Waals surface area contributed by atoms with E-state index in [4.69, 9.17) is 52.1 Å². The molecule has 0 amide bonds. The Morgan fingerprint density at radius 2 is 1.28 bits per heavy atom. The number of nitrogens with zero attached hydrogens (tertiary/aromatic N) is 2. The summed E-state index contributed by atoms with van der Waals surface area (Å²) in [6.07, 6.45) is -21.0. The van der Waals surface area contributed by atoms with Crippen molar-refractivity contribution in [2.24, 2.45) is 0 Å². The van der Waals surface area contributed by atoms with Crippen molar-refractivity contribution in [2.75, 3.05) is 35.4 Å². The normalized spacial score (nSPS) is 44.8. The van der Waals surface area contributed by atoms with Gasteiger partial charge in [-0.25, -0.2) is 0 Å². The summed E-state index contributed by atoms with van der Waals surface area (Å²) in [4.78, 5) is 14.4. The SMILES string of the molecule is CO[C@H]1[C@H](O[C@@H]2c3c(cc4c(O)c5ccc6c(c5c(O)c4c3O)O[C@@H]3O[C@@]6(C)[C@@H](O[C@H]4C[C@](C)([N+](=O)[O-])[C@H](O[C@@H]5O[C@@H](C)[C@H](O)[C@@](C)(O)[C@H]5OC)[C@@H](C)O4)[C@@H](N(C)C)[C@@H]3O)C[C@](C)(O)[C@H]2OC)O[C@@H](C)[C@H](O)[C@@]1(C)O. The molecular formula is C51H72N2O22. The highest BCUT2D eigenvalue weighted by molar-refractivity contribution is 6.15. The zero-order valence-electron chi connectivity index (χ0n) is 44.2. The predicted octanol–water partition coefficient (Wildman–Crippen LogP) is 1.43. The average Bonchev–Trinajstić information content (AvgIpc) is 3.31. The van der Waals surface area contributed by atoms with Crippen LogP contribution in [0.2, 0.25) is 0 Å². The minimum Gasteiger partial charge on any atom is -0.507 e. The number of aliphatic hydroxyl groups excluding tert-OH is 3. The third-order valence-electron chi connectivity index (χ3n) is 17.0. The second kappa shape index (κ2) is 19.2. The van der Waals surface area contributed by atoms with Crippen LogP contribution in [0.4, 0.5) is 0 Å². The first-order valence-corrected chi connectivity index (χ1v) is 25.0. The Morgan fingerprint density at radius 3 is 1.83 bits per heavy atom. The molecule has 0 radical (unpaired) electrons. The van der Waals surface area contributed by atoms with Crippen molar-refractivity contribution < 1.29 is 103 Å². The first kappa shape index (κ1) is 55.8. The molecule has 6 aliphatic rings. The lowest BCUT2D eigenvalue weighted by Crippen LogP contribution is -2.71. The van der Waals surface area contributed by atoms with Crippen molar-refractivity contribution in [3.63, 3.8) is 0 Å². The van der Waals surface area contributed by atoms with Gasteiger partial charge in [0.25, 0.3) is 5.54 Å². The monoisotopic (exact) mass is 1060 g/mol. The number of aromatic hydroxyl groups is 3. The molecule has 4 saturated heterocycles. The first-order valence-electron chi connectivity index (χ1n) is 25.0. The van der Waals surface area contributed by atoms with Crippen molar-refractivity contribution in [3.8, 4) is 23.0 Å². The van der Waals surface area contributed by atoms with E-state index in [1.54, 1.807) is 38.9 Å². The number of benzene rings is 3. The molecule has 24 heteroatoms. The van der Waals surface area contributed by atoms with E-state index >= 15 is 0 Å². The molecule has 0 unspecified atom stereocenters. The van der Waals surface area contributed by atoms with E-state index in [9.17, 15) is 56.1 Å². The summed E-state index contributed by atoms with van der Waals surface area (Å²) in [6.45, 7) is 11.9. The number of aliphatic hydroxyl groups is 6. The van der Waals surface area contributed by atoms with Gasteiger partial charge in [-0.1, -0.05) is 6.07 Å². The summed E-state index contributed by atoms with van der Waals surface area (Å²) in [6, 6.07) is 3.69. The lowest BCUT2D eigenvalue weighted by molar-refractivity contribution is -0.600. The fourth-order valence-electron chi connectivity index (χ4n) is 12.9. The van der Waals surface area contributed by atoms with E-state index in [1.807, 2.05) is 0 Å². The van der Waals surface area contributed by atoms with Crippen LogP contribution in [0.1, 0.15) is 84.6 Å². The van der Waals surface area contributed by atoms with Gasteiger partial charge in [0.1, 0.15) is 88.6 Å². The molecule has 1 aliphatic carbocycles. The van der Waals surface area contributed by atoms with Crippen LogP contribution in [0.15, 0.2) is 18.2 Å². The molecule has 418 valence electrons. The Kier molecular flexibility index (Phi) is 14.3. The molecule has 3 aromatic rings. The van der Waals surface area contributed by atoms with E-state index in [0.717, 1.165) is 0 Å². The zero-order chi connectivity index (χ0) is 55.1. The third kappa shape index (κ3) is 8.45.